The molecule has 0 bridgehead atoms. The van der Waals surface area contributed by atoms with Gasteiger partial charge in [0.15, 0.2) is 0 Å². The van der Waals surface area contributed by atoms with Crippen LogP contribution in [-0.4, -0.2) is 12.7 Å². The van der Waals surface area contributed by atoms with E-state index in [0.29, 0.717) is 5.75 Å². The van der Waals surface area contributed by atoms with Gasteiger partial charge in [0, 0.05) is 15.5 Å². The quantitative estimate of drug-likeness (QED) is 0.207. The Labute approximate surface area is 265 Å². The molecule has 0 aliphatic heterocycles. The third-order valence-corrected chi connectivity index (χ3v) is 11.2. The molecule has 0 saturated carbocycles. The molecule has 2 aliphatic carbocycles. The summed E-state index contributed by atoms with van der Waals surface area (Å²) in [6.07, 6.45) is 0. The molecule has 1 radical (unpaired) electrons. The first kappa shape index (κ1) is 25.2. The zero-order valence-electron chi connectivity index (χ0n) is 24.1. The molecule has 7 aromatic carbocycles. The summed E-state index contributed by atoms with van der Waals surface area (Å²) in [6, 6.07) is 50.9. The summed E-state index contributed by atoms with van der Waals surface area (Å²) < 4.78 is 7.91. The first-order chi connectivity index (χ1) is 22.3. The molecule has 1 aromatic heterocycles. The summed E-state index contributed by atoms with van der Waals surface area (Å²) in [6.45, 7) is 0. The van der Waals surface area contributed by atoms with Crippen molar-refractivity contribution in [3.05, 3.63) is 162 Å². The van der Waals surface area contributed by atoms with Crippen LogP contribution in [0.1, 0.15) is 22.3 Å². The largest absolute Gasteiger partial charge is 0.569 e. The zero-order chi connectivity index (χ0) is 29.7. The second-order valence-corrected chi connectivity index (χ2v) is 13.0. The lowest BCUT2D eigenvalue weighted by atomic mass is 9.70. The molecular formula is C41H24BO2S. The van der Waals surface area contributed by atoms with E-state index in [2.05, 4.69) is 127 Å². The van der Waals surface area contributed by atoms with Gasteiger partial charge in [-0.15, -0.1) is 11.3 Å². The minimum Gasteiger partial charge on any atom is -0.536 e. The van der Waals surface area contributed by atoms with Gasteiger partial charge in [-0.25, -0.2) is 0 Å². The highest BCUT2D eigenvalue weighted by Crippen LogP contribution is 2.63. The minimum atomic E-state index is -0.378. The Kier molecular flexibility index (Phi) is 5.14. The van der Waals surface area contributed by atoms with E-state index in [1.54, 1.807) is 11.3 Å². The molecule has 1 spiro atoms. The van der Waals surface area contributed by atoms with E-state index in [-0.39, 0.29) is 5.41 Å². The molecule has 4 heteroatoms. The number of hydrogen-bond donors (Lipinski definition) is 1. The van der Waals surface area contributed by atoms with Crippen LogP contribution in [0.15, 0.2) is 140 Å². The zero-order valence-corrected chi connectivity index (χ0v) is 24.9. The van der Waals surface area contributed by atoms with Crippen molar-refractivity contribution in [1.82, 2.24) is 0 Å². The second-order valence-electron chi connectivity index (χ2n) is 12.0. The number of fused-ring (bicyclic) bond motifs is 15. The minimum absolute atomic E-state index is 0.378. The standard InChI is InChI=1S/C41H24BO2S/c43-42-44-37-23-24-10-1-2-11-26(24)38-32-16-9-15-27(39(32)45-40(37)38)25-20-21-31-30-14-5-8-19-35(30)41(36(31)22-25)33-17-6-3-12-28(33)29-13-4-7-18-34(29)41/h1-23,43H. The van der Waals surface area contributed by atoms with Crippen molar-refractivity contribution in [3.8, 4) is 39.1 Å². The van der Waals surface area contributed by atoms with Crippen LogP contribution in [0.2, 0.25) is 0 Å². The first-order valence-electron chi connectivity index (χ1n) is 15.2. The van der Waals surface area contributed by atoms with Crippen molar-refractivity contribution < 1.29 is 9.68 Å². The Balaban J connectivity index is 1.28. The number of thiophene rings is 1. The van der Waals surface area contributed by atoms with Crippen molar-refractivity contribution in [3.63, 3.8) is 0 Å². The van der Waals surface area contributed by atoms with Gasteiger partial charge in [-0.05, 0) is 78.5 Å². The van der Waals surface area contributed by atoms with E-state index in [9.17, 15) is 5.02 Å². The maximum atomic E-state index is 9.62. The highest BCUT2D eigenvalue weighted by atomic mass is 32.1. The molecule has 1 heterocycles. The highest BCUT2D eigenvalue weighted by Gasteiger charge is 2.51. The van der Waals surface area contributed by atoms with Crippen molar-refractivity contribution in [2.45, 2.75) is 5.41 Å². The van der Waals surface area contributed by atoms with E-state index >= 15 is 0 Å². The Morgan fingerprint density at radius 3 is 1.78 bits per heavy atom. The lowest BCUT2D eigenvalue weighted by Crippen LogP contribution is -2.25. The lowest BCUT2D eigenvalue weighted by molar-refractivity contribution is 0.457. The summed E-state index contributed by atoms with van der Waals surface area (Å²) in [5.41, 5.74) is 12.6. The smallest absolute Gasteiger partial charge is 0.536 e. The highest BCUT2D eigenvalue weighted by molar-refractivity contribution is 7.27. The number of benzene rings is 7. The maximum absolute atomic E-state index is 9.62. The molecule has 2 aliphatic rings. The fourth-order valence-corrected chi connectivity index (χ4v) is 9.56. The summed E-state index contributed by atoms with van der Waals surface area (Å²) in [4.78, 5) is 0. The molecule has 8 aromatic rings. The Bertz CT molecular complexity index is 2460. The van der Waals surface area contributed by atoms with E-state index < -0.39 is 0 Å². The van der Waals surface area contributed by atoms with Gasteiger partial charge >= 0.3 is 7.69 Å². The Hall–Kier alpha value is -5.16. The Morgan fingerprint density at radius 2 is 1.09 bits per heavy atom. The van der Waals surface area contributed by atoms with Gasteiger partial charge in [0.1, 0.15) is 5.75 Å². The van der Waals surface area contributed by atoms with E-state index in [0.717, 1.165) is 23.2 Å². The third-order valence-electron chi connectivity index (χ3n) is 9.94. The maximum Gasteiger partial charge on any atom is 0.569 e. The van der Waals surface area contributed by atoms with Crippen LogP contribution in [0, 0.1) is 0 Å². The summed E-state index contributed by atoms with van der Waals surface area (Å²) in [5, 5.41) is 14.2. The second kappa shape index (κ2) is 9.18. The summed E-state index contributed by atoms with van der Waals surface area (Å²) in [5.74, 6) is 0.667. The molecular weight excluding hydrogens is 567 g/mol. The third kappa shape index (κ3) is 3.18. The van der Waals surface area contributed by atoms with Crippen LogP contribution in [-0.2, 0) is 5.41 Å². The van der Waals surface area contributed by atoms with Gasteiger partial charge < -0.3 is 9.68 Å². The van der Waals surface area contributed by atoms with E-state index in [1.807, 2.05) is 12.1 Å². The molecule has 0 saturated heterocycles. The van der Waals surface area contributed by atoms with Gasteiger partial charge in [-0.2, -0.15) is 0 Å². The van der Waals surface area contributed by atoms with Gasteiger partial charge in [0.2, 0.25) is 0 Å². The average molecular weight is 592 g/mol. The number of rotatable bonds is 3. The molecule has 0 unspecified atom stereocenters. The van der Waals surface area contributed by atoms with Crippen LogP contribution in [0.5, 0.6) is 5.75 Å². The summed E-state index contributed by atoms with van der Waals surface area (Å²) >= 11 is 1.73. The average Bonchev–Trinajstić information content (AvgIpc) is 3.73. The van der Waals surface area contributed by atoms with Gasteiger partial charge in [-0.1, -0.05) is 127 Å². The van der Waals surface area contributed by atoms with Crippen molar-refractivity contribution in [2.24, 2.45) is 0 Å². The fourth-order valence-electron chi connectivity index (χ4n) is 8.25. The van der Waals surface area contributed by atoms with E-state index in [1.165, 1.54) is 71.1 Å². The van der Waals surface area contributed by atoms with Crippen molar-refractivity contribution in [2.75, 3.05) is 0 Å². The normalized spacial score (nSPS) is 13.6. The molecule has 0 fully saturated rings. The first-order valence-corrected chi connectivity index (χ1v) is 16.0. The van der Waals surface area contributed by atoms with E-state index in [4.69, 9.17) is 4.65 Å². The molecule has 10 rings (SSSR count). The van der Waals surface area contributed by atoms with Crippen LogP contribution in [0.25, 0.3) is 64.3 Å². The predicted molar refractivity (Wildman–Crippen MR) is 187 cm³/mol. The molecule has 2 nitrogen and oxygen atoms in total. The van der Waals surface area contributed by atoms with Crippen LogP contribution in [0.3, 0.4) is 0 Å². The monoisotopic (exact) mass is 591 g/mol. The SMILES string of the molecule is O[B]Oc1cc2ccccc2c2c1sc1c(-c3ccc4c(c3)C3(c5ccccc5-c5ccccc53)c3ccccc3-4)cccc12. The van der Waals surface area contributed by atoms with Crippen LogP contribution >= 0.6 is 11.3 Å². The molecule has 1 N–H and O–H groups in total. The summed E-state index contributed by atoms with van der Waals surface area (Å²) in [7, 11) is 0.781. The Morgan fingerprint density at radius 1 is 0.511 bits per heavy atom. The topological polar surface area (TPSA) is 29.5 Å². The van der Waals surface area contributed by atoms with Gasteiger partial charge in [0.25, 0.3) is 0 Å². The predicted octanol–water partition coefficient (Wildman–Crippen LogP) is 10.1. The van der Waals surface area contributed by atoms with Crippen molar-refractivity contribution in [1.29, 1.82) is 0 Å². The number of hydrogen-bond acceptors (Lipinski definition) is 3. The lowest BCUT2D eigenvalue weighted by Gasteiger charge is -2.30. The molecule has 45 heavy (non-hydrogen) atoms. The molecule has 209 valence electrons. The molecule has 0 atom stereocenters. The van der Waals surface area contributed by atoms with Gasteiger partial charge in [0.05, 0.1) is 10.1 Å². The fraction of sp³-hybridized carbons (Fsp3) is 0.0244. The van der Waals surface area contributed by atoms with Crippen LogP contribution < -0.4 is 4.65 Å². The van der Waals surface area contributed by atoms with Crippen molar-refractivity contribution >= 4 is 50.0 Å². The molecule has 0 amide bonds. The van der Waals surface area contributed by atoms with Gasteiger partial charge in [-0.3, -0.25) is 0 Å². The van der Waals surface area contributed by atoms with Crippen LogP contribution in [0.4, 0.5) is 0 Å².